The number of rotatable bonds is 6. The van der Waals surface area contributed by atoms with Crippen molar-refractivity contribution in [3.8, 4) is 0 Å². The smallest absolute Gasteiger partial charge is 0.00978 e. The Labute approximate surface area is 128 Å². The lowest BCUT2D eigenvalue weighted by Gasteiger charge is -2.38. The first-order chi connectivity index (χ1) is 9.23. The van der Waals surface area contributed by atoms with Crippen LogP contribution in [0.5, 0.6) is 0 Å². The molecule has 0 amide bonds. The molecule has 0 aliphatic heterocycles. The highest BCUT2D eigenvalue weighted by Gasteiger charge is 2.31. The van der Waals surface area contributed by atoms with Crippen molar-refractivity contribution in [1.29, 1.82) is 0 Å². The summed E-state index contributed by atoms with van der Waals surface area (Å²) in [5.74, 6) is 3.57. The predicted molar refractivity (Wildman–Crippen MR) is 91.0 cm³/mol. The van der Waals surface area contributed by atoms with Crippen molar-refractivity contribution in [3.05, 3.63) is 0 Å². The van der Waals surface area contributed by atoms with E-state index in [0.717, 1.165) is 36.3 Å². The van der Waals surface area contributed by atoms with Crippen LogP contribution in [0.1, 0.15) is 80.6 Å². The molecule has 1 fully saturated rings. The van der Waals surface area contributed by atoms with Gasteiger partial charge in [0.05, 0.1) is 0 Å². The Morgan fingerprint density at radius 2 is 1.75 bits per heavy atom. The summed E-state index contributed by atoms with van der Waals surface area (Å²) in [6.07, 6.45) is 7.00. The third kappa shape index (κ3) is 6.16. The van der Waals surface area contributed by atoms with Gasteiger partial charge in [0, 0.05) is 6.04 Å². The summed E-state index contributed by atoms with van der Waals surface area (Å²) >= 11 is 0. The summed E-state index contributed by atoms with van der Waals surface area (Å²) in [5, 5.41) is 3.80. The van der Waals surface area contributed by atoms with Crippen LogP contribution in [0.15, 0.2) is 0 Å². The zero-order valence-electron chi connectivity index (χ0n) is 15.1. The second-order valence-electron chi connectivity index (χ2n) is 8.80. The highest BCUT2D eigenvalue weighted by molar-refractivity contribution is 4.85. The van der Waals surface area contributed by atoms with E-state index in [1.54, 1.807) is 0 Å². The average Bonchev–Trinajstić information content (AvgIpc) is 2.30. The van der Waals surface area contributed by atoms with Gasteiger partial charge in [-0.3, -0.25) is 0 Å². The van der Waals surface area contributed by atoms with Crippen LogP contribution in [-0.4, -0.2) is 12.6 Å². The molecule has 5 unspecified atom stereocenters. The zero-order valence-corrected chi connectivity index (χ0v) is 15.1. The quantitative estimate of drug-likeness (QED) is 0.678. The number of nitrogens with one attached hydrogen (secondary N) is 1. The van der Waals surface area contributed by atoms with E-state index in [2.05, 4.69) is 53.8 Å². The maximum absolute atomic E-state index is 3.80. The van der Waals surface area contributed by atoms with E-state index >= 15 is 0 Å². The molecule has 0 aromatic carbocycles. The molecule has 0 heterocycles. The Balaban J connectivity index is 2.55. The molecule has 1 aliphatic rings. The molecule has 1 heteroatoms. The van der Waals surface area contributed by atoms with E-state index < -0.39 is 0 Å². The molecule has 120 valence electrons. The Morgan fingerprint density at radius 1 is 1.10 bits per heavy atom. The molecule has 1 aliphatic carbocycles. The summed E-state index contributed by atoms with van der Waals surface area (Å²) < 4.78 is 0. The molecule has 0 spiro atoms. The molecule has 1 nitrogen and oxygen atoms in total. The van der Waals surface area contributed by atoms with Gasteiger partial charge in [-0.15, -0.1) is 0 Å². The summed E-state index contributed by atoms with van der Waals surface area (Å²) in [4.78, 5) is 0. The van der Waals surface area contributed by atoms with Gasteiger partial charge in [-0.1, -0.05) is 54.9 Å². The predicted octanol–water partition coefficient (Wildman–Crippen LogP) is 5.50. The van der Waals surface area contributed by atoms with Crippen molar-refractivity contribution in [3.63, 3.8) is 0 Å². The van der Waals surface area contributed by atoms with Crippen molar-refractivity contribution in [2.45, 2.75) is 86.6 Å². The van der Waals surface area contributed by atoms with Gasteiger partial charge in [0.15, 0.2) is 0 Å². The maximum Gasteiger partial charge on any atom is 0.00978 e. The summed E-state index contributed by atoms with van der Waals surface area (Å²) in [6, 6.07) is 0.743. The molecule has 0 aromatic rings. The standard InChI is InChI=1S/C19H39N/c1-8-20-18(11-14(2)13-19(5,6)7)17-10-9-15(3)16(4)12-17/h14-18,20H,8-13H2,1-7H3. The van der Waals surface area contributed by atoms with Crippen molar-refractivity contribution in [2.24, 2.45) is 29.1 Å². The van der Waals surface area contributed by atoms with Gasteiger partial charge in [-0.25, -0.2) is 0 Å². The first kappa shape index (κ1) is 18.0. The molecule has 0 saturated heterocycles. The minimum absolute atomic E-state index is 0.463. The van der Waals surface area contributed by atoms with Gasteiger partial charge < -0.3 is 5.32 Å². The van der Waals surface area contributed by atoms with Crippen LogP contribution in [0.25, 0.3) is 0 Å². The highest BCUT2D eigenvalue weighted by Crippen LogP contribution is 2.37. The van der Waals surface area contributed by atoms with E-state index in [1.807, 2.05) is 0 Å². The minimum atomic E-state index is 0.463. The lowest BCUT2D eigenvalue weighted by molar-refractivity contribution is 0.152. The van der Waals surface area contributed by atoms with E-state index in [4.69, 9.17) is 0 Å². The van der Waals surface area contributed by atoms with Crippen molar-refractivity contribution >= 4 is 0 Å². The molecular formula is C19H39N. The first-order valence-corrected chi connectivity index (χ1v) is 8.96. The van der Waals surface area contributed by atoms with E-state index in [0.29, 0.717) is 5.41 Å². The van der Waals surface area contributed by atoms with Gasteiger partial charge in [0.25, 0.3) is 0 Å². The molecule has 1 N–H and O–H groups in total. The fourth-order valence-electron chi connectivity index (χ4n) is 4.22. The normalized spacial score (nSPS) is 31.1. The summed E-state index contributed by atoms with van der Waals surface area (Å²) in [5.41, 5.74) is 0.463. The number of hydrogen-bond acceptors (Lipinski definition) is 1. The van der Waals surface area contributed by atoms with E-state index in [9.17, 15) is 0 Å². The fourth-order valence-corrected chi connectivity index (χ4v) is 4.22. The zero-order chi connectivity index (χ0) is 15.3. The molecule has 0 radical (unpaired) electrons. The fraction of sp³-hybridized carbons (Fsp3) is 1.00. The molecule has 0 aromatic heterocycles. The van der Waals surface area contributed by atoms with Crippen LogP contribution in [0.3, 0.4) is 0 Å². The average molecular weight is 282 g/mol. The molecule has 5 atom stereocenters. The topological polar surface area (TPSA) is 12.0 Å². The van der Waals surface area contributed by atoms with Gasteiger partial charge in [-0.05, 0) is 61.3 Å². The third-order valence-corrected chi connectivity index (χ3v) is 5.29. The largest absolute Gasteiger partial charge is 0.314 e. The van der Waals surface area contributed by atoms with E-state index in [1.165, 1.54) is 32.1 Å². The van der Waals surface area contributed by atoms with Gasteiger partial charge in [-0.2, -0.15) is 0 Å². The van der Waals surface area contributed by atoms with Gasteiger partial charge in [0.2, 0.25) is 0 Å². The van der Waals surface area contributed by atoms with Crippen molar-refractivity contribution in [2.75, 3.05) is 6.54 Å². The highest BCUT2D eigenvalue weighted by atomic mass is 14.9. The van der Waals surface area contributed by atoms with Crippen LogP contribution < -0.4 is 5.32 Å². The van der Waals surface area contributed by atoms with Crippen LogP contribution in [-0.2, 0) is 0 Å². The Morgan fingerprint density at radius 3 is 2.25 bits per heavy atom. The van der Waals surface area contributed by atoms with Crippen molar-refractivity contribution < 1.29 is 0 Å². The molecular weight excluding hydrogens is 242 g/mol. The van der Waals surface area contributed by atoms with Crippen molar-refractivity contribution in [1.82, 2.24) is 5.32 Å². The lowest BCUT2D eigenvalue weighted by Crippen LogP contribution is -2.41. The summed E-state index contributed by atoms with van der Waals surface area (Å²) in [6.45, 7) is 17.8. The van der Waals surface area contributed by atoms with Crippen LogP contribution in [0.4, 0.5) is 0 Å². The van der Waals surface area contributed by atoms with Gasteiger partial charge >= 0.3 is 0 Å². The summed E-state index contributed by atoms with van der Waals surface area (Å²) in [7, 11) is 0. The lowest BCUT2D eigenvalue weighted by atomic mass is 9.71. The second kappa shape index (κ2) is 7.82. The Kier molecular flexibility index (Phi) is 7.04. The first-order valence-electron chi connectivity index (χ1n) is 8.96. The third-order valence-electron chi connectivity index (χ3n) is 5.29. The monoisotopic (exact) mass is 281 g/mol. The Hall–Kier alpha value is -0.0400. The molecule has 0 bridgehead atoms. The van der Waals surface area contributed by atoms with Gasteiger partial charge in [0.1, 0.15) is 0 Å². The SMILES string of the molecule is CCNC(CC(C)CC(C)(C)C)C1CCC(C)C(C)C1. The van der Waals surface area contributed by atoms with Crippen LogP contribution in [0.2, 0.25) is 0 Å². The Bertz CT molecular complexity index is 265. The molecule has 1 saturated carbocycles. The van der Waals surface area contributed by atoms with Crippen LogP contribution >= 0.6 is 0 Å². The van der Waals surface area contributed by atoms with E-state index in [-0.39, 0.29) is 0 Å². The van der Waals surface area contributed by atoms with Crippen LogP contribution in [0, 0.1) is 29.1 Å². The molecule has 1 rings (SSSR count). The number of hydrogen-bond donors (Lipinski definition) is 1. The second-order valence-corrected chi connectivity index (χ2v) is 8.80. The molecule has 20 heavy (non-hydrogen) atoms. The minimum Gasteiger partial charge on any atom is -0.314 e. The maximum atomic E-state index is 3.80.